The van der Waals surface area contributed by atoms with Gasteiger partial charge in [-0.15, -0.1) is 0 Å². The third kappa shape index (κ3) is 13.1. The van der Waals surface area contributed by atoms with Gasteiger partial charge in [0.1, 0.15) is 0 Å². The highest BCUT2D eigenvalue weighted by molar-refractivity contribution is 6.84. The largest absolute Gasteiger partial charge is 0.387 e. The molecule has 0 saturated heterocycles. The minimum Gasteiger partial charge on any atom is -0.387 e. The van der Waals surface area contributed by atoms with Crippen molar-refractivity contribution in [3.63, 3.8) is 0 Å². The summed E-state index contributed by atoms with van der Waals surface area (Å²) in [6.45, 7) is 85.6. The first kappa shape index (κ1) is 63.5. The van der Waals surface area contributed by atoms with E-state index in [0.717, 1.165) is 0 Å². The average Bonchev–Trinajstić information content (AvgIpc) is 3.03. The second-order valence-corrected chi connectivity index (χ2v) is 39.6. The Morgan fingerprint density at radius 3 is 0.500 bits per heavy atom. The molecule has 0 bridgehead atoms. The third-order valence-electron chi connectivity index (χ3n) is 17.9. The summed E-state index contributed by atoms with van der Waals surface area (Å²) in [5, 5.41) is 2.35. The maximum absolute atomic E-state index is 8.20. The fourth-order valence-corrected chi connectivity index (χ4v) is 18.7. The molecule has 1 rings (SSSR count). The summed E-state index contributed by atoms with van der Waals surface area (Å²) < 4.78 is 32.8. The van der Waals surface area contributed by atoms with Gasteiger partial charge in [0, 0.05) is 11.1 Å². The Morgan fingerprint density at radius 1 is 0.273 bits per heavy atom. The molecule has 0 aliphatic heterocycles. The normalized spacial score (nSPS) is 19.1. The van der Waals surface area contributed by atoms with E-state index < -0.39 is 17.1 Å². The Balaban J connectivity index is 4.89. The average molecular weight is 960 g/mol. The van der Waals surface area contributed by atoms with Gasteiger partial charge in [-0.05, 0) is 75.4 Å². The van der Waals surface area contributed by atoms with Gasteiger partial charge in [-0.1, -0.05) is 274 Å². The molecule has 4 unspecified atom stereocenters. The fraction of sp³-hybridized carbons (Fsp3) is 0.900. The summed E-state index contributed by atoms with van der Waals surface area (Å²) in [5.74, 6) is 0. The van der Waals surface area contributed by atoms with Crippen molar-refractivity contribution in [2.24, 2.45) is 65.0 Å². The molecule has 0 N–H and O–H groups in total. The molecule has 390 valence electrons. The highest BCUT2D eigenvalue weighted by Gasteiger charge is 2.61. The molecule has 66 heavy (non-hydrogen) atoms. The standard InChI is InChI=1S/C60H118O4Si2/c1-41(2)65(61-45(49(5,6)7)57(29,30)53(17,18)19,62-46(50(8,9)10)58(31,32)54(20,21)22)43-37-39-44(40-38-43)66(42(3)4,63-47(51(11,12)13)59(33,34)55(23,24)25)64-48(52(14,15)16)60(35,36)56(26,27)28/h37-42,45-48H,1-36H3. The number of hydrogen-bond acceptors (Lipinski definition) is 4. The predicted octanol–water partition coefficient (Wildman–Crippen LogP) is 17.8. The molecule has 1 aromatic rings. The SMILES string of the molecule is CC(C)[Si](OC(C(C)(C)C)C(C)(C)C(C)(C)C)(OC(C(C)(C)C)C(C)(C)C(C)(C)C)c1ccc([Si](OC(C(C)(C)C)C(C)(C)C(C)(C)C)(OC(C(C)(C)C)C(C)(C)C(C)(C)C)C(C)C)cc1. The first-order valence-corrected chi connectivity index (χ1v) is 30.1. The molecule has 0 heterocycles. The van der Waals surface area contributed by atoms with Gasteiger partial charge in [-0.25, -0.2) is 0 Å². The number of benzene rings is 1. The van der Waals surface area contributed by atoms with Crippen LogP contribution in [-0.2, 0) is 17.7 Å². The Labute approximate surface area is 417 Å². The summed E-state index contributed by atoms with van der Waals surface area (Å²) >= 11 is 0. The van der Waals surface area contributed by atoms with E-state index in [-0.39, 0.29) is 100 Å². The van der Waals surface area contributed by atoms with Gasteiger partial charge in [-0.3, -0.25) is 0 Å². The van der Waals surface area contributed by atoms with Crippen LogP contribution in [0.2, 0.25) is 11.1 Å². The Bertz CT molecular complexity index is 1470. The molecule has 0 radical (unpaired) electrons. The topological polar surface area (TPSA) is 36.9 Å². The second kappa shape index (κ2) is 19.5. The first-order valence-electron chi connectivity index (χ1n) is 26.3. The predicted molar refractivity (Wildman–Crippen MR) is 298 cm³/mol. The van der Waals surface area contributed by atoms with Crippen molar-refractivity contribution >= 4 is 27.5 Å². The van der Waals surface area contributed by atoms with Crippen molar-refractivity contribution in [3.05, 3.63) is 24.3 Å². The lowest BCUT2D eigenvalue weighted by Crippen LogP contribution is -2.68. The van der Waals surface area contributed by atoms with E-state index in [2.05, 4.69) is 274 Å². The monoisotopic (exact) mass is 959 g/mol. The van der Waals surface area contributed by atoms with Crippen LogP contribution in [0.5, 0.6) is 0 Å². The summed E-state index contributed by atoms with van der Waals surface area (Å²) in [4.78, 5) is 0. The van der Waals surface area contributed by atoms with Crippen molar-refractivity contribution in [2.75, 3.05) is 0 Å². The van der Waals surface area contributed by atoms with Gasteiger partial charge in [0.25, 0.3) is 0 Å². The summed E-state index contributed by atoms with van der Waals surface area (Å²) in [5.41, 5.74) is -1.40. The van der Waals surface area contributed by atoms with E-state index in [0.29, 0.717) is 0 Å². The molecule has 0 saturated carbocycles. The van der Waals surface area contributed by atoms with E-state index in [4.69, 9.17) is 17.7 Å². The van der Waals surface area contributed by atoms with Crippen molar-refractivity contribution in [1.29, 1.82) is 0 Å². The molecule has 0 aliphatic rings. The zero-order chi connectivity index (χ0) is 53.3. The van der Waals surface area contributed by atoms with Crippen LogP contribution in [0.3, 0.4) is 0 Å². The van der Waals surface area contributed by atoms with Crippen molar-refractivity contribution in [2.45, 2.75) is 285 Å². The zero-order valence-electron chi connectivity index (χ0n) is 51.4. The van der Waals surface area contributed by atoms with E-state index in [9.17, 15) is 0 Å². The lowest BCUT2D eigenvalue weighted by Gasteiger charge is -2.57. The van der Waals surface area contributed by atoms with Crippen LogP contribution in [0, 0.1) is 65.0 Å². The van der Waals surface area contributed by atoms with E-state index in [1.807, 2.05) is 0 Å². The maximum atomic E-state index is 8.20. The number of rotatable bonds is 16. The molecule has 0 aromatic heterocycles. The molecule has 0 aliphatic carbocycles. The molecule has 0 spiro atoms. The second-order valence-electron chi connectivity index (χ2n) is 32.6. The highest BCUT2D eigenvalue weighted by Crippen LogP contribution is 2.55. The van der Waals surface area contributed by atoms with Crippen molar-refractivity contribution < 1.29 is 17.7 Å². The molecule has 0 fully saturated rings. The van der Waals surface area contributed by atoms with Crippen molar-refractivity contribution in [3.8, 4) is 0 Å². The van der Waals surface area contributed by atoms with E-state index in [1.165, 1.54) is 10.4 Å². The van der Waals surface area contributed by atoms with Crippen LogP contribution in [0.25, 0.3) is 0 Å². The van der Waals surface area contributed by atoms with Crippen LogP contribution >= 0.6 is 0 Å². The lowest BCUT2D eigenvalue weighted by atomic mass is 9.60. The first-order chi connectivity index (χ1) is 28.5. The van der Waals surface area contributed by atoms with Gasteiger partial charge in [0.05, 0.1) is 24.4 Å². The van der Waals surface area contributed by atoms with Crippen LogP contribution in [0.1, 0.15) is 249 Å². The minimum absolute atomic E-state index is 0.0357. The zero-order valence-corrected chi connectivity index (χ0v) is 53.4. The Morgan fingerprint density at radius 2 is 0.409 bits per heavy atom. The molecule has 4 nitrogen and oxygen atoms in total. The third-order valence-corrected chi connectivity index (χ3v) is 25.5. The van der Waals surface area contributed by atoms with E-state index >= 15 is 0 Å². The van der Waals surface area contributed by atoms with Crippen LogP contribution < -0.4 is 10.4 Å². The van der Waals surface area contributed by atoms with Crippen LogP contribution in [0.15, 0.2) is 24.3 Å². The van der Waals surface area contributed by atoms with Gasteiger partial charge in [-0.2, -0.15) is 0 Å². The summed E-state index contributed by atoms with van der Waals surface area (Å²) in [7, 11) is -6.76. The van der Waals surface area contributed by atoms with Crippen LogP contribution in [0.4, 0.5) is 0 Å². The number of hydrogen-bond donors (Lipinski definition) is 0. The fourth-order valence-electron chi connectivity index (χ4n) is 10.4. The van der Waals surface area contributed by atoms with Crippen molar-refractivity contribution in [1.82, 2.24) is 0 Å². The summed E-state index contributed by atoms with van der Waals surface area (Å²) in [6.07, 6.45) is -0.418. The highest BCUT2D eigenvalue weighted by atomic mass is 28.4. The molecule has 6 heteroatoms. The van der Waals surface area contributed by atoms with Gasteiger partial charge < -0.3 is 17.7 Å². The minimum atomic E-state index is -3.38. The molecular weight excluding hydrogens is 841 g/mol. The summed E-state index contributed by atoms with van der Waals surface area (Å²) in [6, 6.07) is 9.59. The van der Waals surface area contributed by atoms with Gasteiger partial charge in [0.15, 0.2) is 0 Å². The van der Waals surface area contributed by atoms with Gasteiger partial charge >= 0.3 is 17.1 Å². The van der Waals surface area contributed by atoms with Crippen LogP contribution in [-0.4, -0.2) is 41.5 Å². The maximum Gasteiger partial charge on any atom is 0.375 e. The molecule has 4 atom stereocenters. The quantitative estimate of drug-likeness (QED) is 0.155. The molecular formula is C60H118O4Si2. The molecule has 0 amide bonds. The smallest absolute Gasteiger partial charge is 0.375 e. The lowest BCUT2D eigenvalue weighted by molar-refractivity contribution is -0.121. The molecule has 1 aromatic carbocycles. The Kier molecular flexibility index (Phi) is 18.8. The van der Waals surface area contributed by atoms with Gasteiger partial charge in [0.2, 0.25) is 0 Å². The van der Waals surface area contributed by atoms with E-state index in [1.54, 1.807) is 0 Å². The Hall–Kier alpha value is -0.506.